The maximum absolute atomic E-state index is 11.3. The standard InChI is InChI=1S/C12H23NO2/c1-3-13-11(9-12(14)15-2)10-7-5-4-6-8-10/h10-11,13H,3-9H2,1-2H3. The van der Waals surface area contributed by atoms with Gasteiger partial charge in [0.05, 0.1) is 13.5 Å². The molecule has 1 atom stereocenters. The van der Waals surface area contributed by atoms with Gasteiger partial charge in [-0.2, -0.15) is 0 Å². The molecule has 3 heteroatoms. The van der Waals surface area contributed by atoms with Gasteiger partial charge in [0.2, 0.25) is 0 Å². The quantitative estimate of drug-likeness (QED) is 0.711. The lowest BCUT2D eigenvalue weighted by molar-refractivity contribution is -0.141. The molecule has 0 aliphatic heterocycles. The Kier molecular flexibility index (Phi) is 5.69. The molecule has 0 heterocycles. The minimum atomic E-state index is -0.0912. The van der Waals surface area contributed by atoms with Crippen LogP contribution in [0.5, 0.6) is 0 Å². The molecular formula is C12H23NO2. The van der Waals surface area contributed by atoms with E-state index in [1.807, 2.05) is 0 Å². The topological polar surface area (TPSA) is 38.3 Å². The highest BCUT2D eigenvalue weighted by Crippen LogP contribution is 2.27. The first kappa shape index (κ1) is 12.5. The van der Waals surface area contributed by atoms with E-state index in [9.17, 15) is 4.79 Å². The van der Waals surface area contributed by atoms with Gasteiger partial charge in [0, 0.05) is 6.04 Å². The van der Waals surface area contributed by atoms with Gasteiger partial charge in [-0.3, -0.25) is 4.79 Å². The van der Waals surface area contributed by atoms with Gasteiger partial charge in [-0.25, -0.2) is 0 Å². The van der Waals surface area contributed by atoms with Crippen molar-refractivity contribution in [2.75, 3.05) is 13.7 Å². The summed E-state index contributed by atoms with van der Waals surface area (Å²) in [6.07, 6.45) is 7.02. The van der Waals surface area contributed by atoms with E-state index < -0.39 is 0 Å². The van der Waals surface area contributed by atoms with Crippen LogP contribution in [-0.2, 0) is 9.53 Å². The highest BCUT2D eigenvalue weighted by Gasteiger charge is 2.25. The van der Waals surface area contributed by atoms with Crippen molar-refractivity contribution in [2.45, 2.75) is 51.5 Å². The Hall–Kier alpha value is -0.570. The molecule has 0 aromatic rings. The van der Waals surface area contributed by atoms with Gasteiger partial charge >= 0.3 is 5.97 Å². The van der Waals surface area contributed by atoms with Crippen molar-refractivity contribution < 1.29 is 9.53 Å². The molecule has 1 rings (SSSR count). The number of nitrogens with one attached hydrogen (secondary N) is 1. The van der Waals surface area contributed by atoms with Crippen LogP contribution in [0.15, 0.2) is 0 Å². The molecule has 1 fully saturated rings. The first-order chi connectivity index (χ1) is 7.27. The van der Waals surface area contributed by atoms with E-state index in [-0.39, 0.29) is 5.97 Å². The van der Waals surface area contributed by atoms with Crippen LogP contribution in [0.25, 0.3) is 0 Å². The summed E-state index contributed by atoms with van der Waals surface area (Å²) in [4.78, 5) is 11.3. The minimum absolute atomic E-state index is 0.0912. The zero-order chi connectivity index (χ0) is 11.1. The van der Waals surface area contributed by atoms with Crippen LogP contribution >= 0.6 is 0 Å². The highest BCUT2D eigenvalue weighted by atomic mass is 16.5. The minimum Gasteiger partial charge on any atom is -0.469 e. The highest BCUT2D eigenvalue weighted by molar-refractivity contribution is 5.69. The monoisotopic (exact) mass is 213 g/mol. The zero-order valence-corrected chi connectivity index (χ0v) is 9.92. The average Bonchev–Trinajstić information content (AvgIpc) is 2.29. The third-order valence-corrected chi connectivity index (χ3v) is 3.30. The summed E-state index contributed by atoms with van der Waals surface area (Å²) in [5.41, 5.74) is 0. The fourth-order valence-corrected chi connectivity index (χ4v) is 2.47. The average molecular weight is 213 g/mol. The summed E-state index contributed by atoms with van der Waals surface area (Å²) in [6, 6.07) is 0.322. The summed E-state index contributed by atoms with van der Waals surface area (Å²) in [7, 11) is 1.46. The van der Waals surface area contributed by atoms with E-state index in [1.165, 1.54) is 39.2 Å². The Balaban J connectivity index is 2.43. The predicted molar refractivity (Wildman–Crippen MR) is 60.7 cm³/mol. The molecule has 15 heavy (non-hydrogen) atoms. The van der Waals surface area contributed by atoms with Crippen LogP contribution < -0.4 is 5.32 Å². The SMILES string of the molecule is CCNC(CC(=O)OC)C1CCCCC1. The molecule has 1 aliphatic carbocycles. The lowest BCUT2D eigenvalue weighted by Crippen LogP contribution is -2.39. The number of methoxy groups -OCH3 is 1. The number of esters is 1. The largest absolute Gasteiger partial charge is 0.469 e. The molecule has 1 aliphatic rings. The van der Waals surface area contributed by atoms with Crippen molar-refractivity contribution in [1.29, 1.82) is 0 Å². The Morgan fingerprint density at radius 1 is 1.40 bits per heavy atom. The fourth-order valence-electron chi connectivity index (χ4n) is 2.47. The number of carbonyl (C=O) groups excluding carboxylic acids is 1. The molecule has 3 nitrogen and oxygen atoms in total. The Bertz CT molecular complexity index is 188. The molecule has 88 valence electrons. The van der Waals surface area contributed by atoms with Gasteiger partial charge in [0.1, 0.15) is 0 Å². The molecule has 0 saturated heterocycles. The van der Waals surface area contributed by atoms with E-state index in [2.05, 4.69) is 12.2 Å². The first-order valence-electron chi connectivity index (χ1n) is 6.08. The molecule has 1 saturated carbocycles. The van der Waals surface area contributed by atoms with E-state index in [0.717, 1.165) is 6.54 Å². The number of ether oxygens (including phenoxy) is 1. The van der Waals surface area contributed by atoms with Crippen molar-refractivity contribution in [3.05, 3.63) is 0 Å². The van der Waals surface area contributed by atoms with Gasteiger partial charge in [-0.1, -0.05) is 26.2 Å². The number of hydrogen-bond donors (Lipinski definition) is 1. The van der Waals surface area contributed by atoms with Crippen LogP contribution in [0.2, 0.25) is 0 Å². The summed E-state index contributed by atoms with van der Waals surface area (Å²) < 4.78 is 4.74. The third-order valence-electron chi connectivity index (χ3n) is 3.30. The predicted octanol–water partition coefficient (Wildman–Crippen LogP) is 2.11. The van der Waals surface area contributed by atoms with E-state index in [1.54, 1.807) is 0 Å². The van der Waals surface area contributed by atoms with E-state index in [4.69, 9.17) is 4.74 Å². The summed E-state index contributed by atoms with van der Waals surface area (Å²) in [5, 5.41) is 3.42. The van der Waals surface area contributed by atoms with E-state index >= 15 is 0 Å². The second kappa shape index (κ2) is 6.83. The molecule has 0 spiro atoms. The summed E-state index contributed by atoms with van der Waals surface area (Å²) in [5.74, 6) is 0.573. The van der Waals surface area contributed by atoms with Crippen LogP contribution in [0.1, 0.15) is 45.4 Å². The van der Waals surface area contributed by atoms with Gasteiger partial charge in [-0.05, 0) is 25.3 Å². The number of carbonyl (C=O) groups is 1. The van der Waals surface area contributed by atoms with Gasteiger partial charge in [0.15, 0.2) is 0 Å². The Labute approximate surface area is 92.6 Å². The molecule has 1 unspecified atom stereocenters. The van der Waals surface area contributed by atoms with Crippen molar-refractivity contribution in [2.24, 2.45) is 5.92 Å². The maximum Gasteiger partial charge on any atom is 0.307 e. The molecule has 0 aromatic carbocycles. The maximum atomic E-state index is 11.3. The fraction of sp³-hybridized carbons (Fsp3) is 0.917. The lowest BCUT2D eigenvalue weighted by Gasteiger charge is -2.30. The number of hydrogen-bond acceptors (Lipinski definition) is 3. The van der Waals surface area contributed by atoms with Crippen LogP contribution in [-0.4, -0.2) is 25.7 Å². The molecule has 0 aromatic heterocycles. The second-order valence-electron chi connectivity index (χ2n) is 4.34. The van der Waals surface area contributed by atoms with Gasteiger partial charge in [0.25, 0.3) is 0 Å². The van der Waals surface area contributed by atoms with Crippen molar-refractivity contribution in [1.82, 2.24) is 5.32 Å². The van der Waals surface area contributed by atoms with Crippen molar-refractivity contribution >= 4 is 5.97 Å². The lowest BCUT2D eigenvalue weighted by atomic mass is 9.82. The van der Waals surface area contributed by atoms with Gasteiger partial charge < -0.3 is 10.1 Å². The molecule has 0 bridgehead atoms. The van der Waals surface area contributed by atoms with Crippen LogP contribution in [0.4, 0.5) is 0 Å². The zero-order valence-electron chi connectivity index (χ0n) is 9.92. The molecular weight excluding hydrogens is 190 g/mol. The van der Waals surface area contributed by atoms with Crippen LogP contribution in [0.3, 0.4) is 0 Å². The first-order valence-corrected chi connectivity index (χ1v) is 6.08. The molecule has 0 amide bonds. The summed E-state index contributed by atoms with van der Waals surface area (Å²) in [6.45, 7) is 3.02. The van der Waals surface area contributed by atoms with Crippen LogP contribution in [0, 0.1) is 5.92 Å². The smallest absolute Gasteiger partial charge is 0.307 e. The second-order valence-corrected chi connectivity index (χ2v) is 4.34. The third kappa shape index (κ3) is 4.20. The van der Waals surface area contributed by atoms with Crippen molar-refractivity contribution in [3.8, 4) is 0 Å². The van der Waals surface area contributed by atoms with Crippen molar-refractivity contribution in [3.63, 3.8) is 0 Å². The Morgan fingerprint density at radius 3 is 2.60 bits per heavy atom. The normalized spacial score (nSPS) is 19.9. The Morgan fingerprint density at radius 2 is 2.07 bits per heavy atom. The molecule has 1 N–H and O–H groups in total. The molecule has 0 radical (unpaired) electrons. The van der Waals surface area contributed by atoms with Gasteiger partial charge in [-0.15, -0.1) is 0 Å². The number of rotatable bonds is 5. The summed E-state index contributed by atoms with van der Waals surface area (Å²) >= 11 is 0. The van der Waals surface area contributed by atoms with E-state index in [0.29, 0.717) is 18.4 Å².